The fraction of sp³-hybridized carbons (Fsp3) is 0.0588. The second-order valence-corrected chi connectivity index (χ2v) is 5.72. The van der Waals surface area contributed by atoms with Crippen LogP contribution in [0.2, 0.25) is 0 Å². The summed E-state index contributed by atoms with van der Waals surface area (Å²) in [6.45, 7) is 4.22. The summed E-state index contributed by atoms with van der Waals surface area (Å²) in [7, 11) is 0. The first-order valence-corrected chi connectivity index (χ1v) is 7.44. The van der Waals surface area contributed by atoms with E-state index in [0.717, 1.165) is 26.5 Å². The lowest BCUT2D eigenvalue weighted by atomic mass is 10.1. The third kappa shape index (κ3) is 2.89. The van der Waals surface area contributed by atoms with Crippen molar-refractivity contribution in [3.05, 3.63) is 65.4 Å². The highest BCUT2D eigenvalue weighted by Gasteiger charge is 2.10. The molecule has 3 aromatic rings. The lowest BCUT2D eigenvalue weighted by Gasteiger charge is -2.06. The average molecular weight is 311 g/mol. The van der Waals surface area contributed by atoms with Crippen LogP contribution < -0.4 is 5.32 Å². The normalized spacial score (nSPS) is 10.6. The molecular weight excluding hydrogens is 299 g/mol. The van der Waals surface area contributed by atoms with Gasteiger partial charge in [0.1, 0.15) is 10.8 Å². The highest BCUT2D eigenvalue weighted by Crippen LogP contribution is 2.31. The number of nitrogens with zero attached hydrogens (tertiary/aromatic N) is 1. The summed E-state index contributed by atoms with van der Waals surface area (Å²) in [5, 5.41) is 3.69. The molecule has 0 aliphatic carbocycles. The van der Waals surface area contributed by atoms with Gasteiger partial charge >= 0.3 is 0 Å². The van der Waals surface area contributed by atoms with Gasteiger partial charge in [0.25, 0.3) is 0 Å². The maximum absolute atomic E-state index is 13.2. The Kier molecular flexibility index (Phi) is 3.98. The quantitative estimate of drug-likeness (QED) is 0.774. The first-order chi connectivity index (χ1) is 10.7. The zero-order chi connectivity index (χ0) is 15.5. The summed E-state index contributed by atoms with van der Waals surface area (Å²) in [4.78, 5) is 14.7. The molecule has 0 saturated heterocycles. The molecule has 2 aromatic carbocycles. The number of thiazole rings is 1. The Morgan fingerprint density at radius 2 is 2.18 bits per heavy atom. The summed E-state index contributed by atoms with van der Waals surface area (Å²) in [6.07, 6.45) is 1.79. The molecule has 0 saturated carbocycles. The smallest absolute Gasteiger partial charge is 0.219 e. The van der Waals surface area contributed by atoms with Gasteiger partial charge in [0.2, 0.25) is 6.29 Å². The van der Waals surface area contributed by atoms with Crippen molar-refractivity contribution in [1.82, 2.24) is 4.98 Å². The molecule has 1 heterocycles. The predicted octanol–water partition coefficient (Wildman–Crippen LogP) is 4.02. The number of halogens is 1. The number of hydrogen-bond acceptors (Lipinski definition) is 4. The Labute approximate surface area is 131 Å². The van der Waals surface area contributed by atoms with E-state index < -0.39 is 0 Å². The van der Waals surface area contributed by atoms with Crippen molar-refractivity contribution in [1.29, 1.82) is 0 Å². The van der Waals surface area contributed by atoms with Gasteiger partial charge in [-0.25, -0.2) is 9.37 Å². The van der Waals surface area contributed by atoms with E-state index in [1.165, 1.54) is 23.5 Å². The molecular formula is C17H12FN2OS. The molecule has 1 radical (unpaired) electrons. The molecule has 0 atom stereocenters. The van der Waals surface area contributed by atoms with Crippen LogP contribution in [0.25, 0.3) is 15.8 Å². The lowest BCUT2D eigenvalue weighted by Crippen LogP contribution is -2.02. The SMILES string of the molecule is C=C(c1cccc(NC[C]=O)c1)c1nc2cc(F)ccc2s1. The zero-order valence-electron chi connectivity index (χ0n) is 11.6. The van der Waals surface area contributed by atoms with Crippen LogP contribution in [0, 0.1) is 5.82 Å². The minimum Gasteiger partial charge on any atom is -0.377 e. The minimum absolute atomic E-state index is 0.135. The summed E-state index contributed by atoms with van der Waals surface area (Å²) in [6, 6.07) is 12.1. The molecule has 0 spiro atoms. The van der Waals surface area contributed by atoms with Gasteiger partial charge < -0.3 is 5.32 Å². The Bertz CT molecular complexity index is 857. The lowest BCUT2D eigenvalue weighted by molar-refractivity contribution is 0.557. The van der Waals surface area contributed by atoms with Crippen LogP contribution >= 0.6 is 11.3 Å². The second-order valence-electron chi connectivity index (χ2n) is 4.69. The first-order valence-electron chi connectivity index (χ1n) is 6.62. The zero-order valence-corrected chi connectivity index (χ0v) is 12.4. The van der Waals surface area contributed by atoms with Crippen LogP contribution in [0.4, 0.5) is 10.1 Å². The van der Waals surface area contributed by atoms with Gasteiger partial charge in [-0.05, 0) is 29.8 Å². The van der Waals surface area contributed by atoms with E-state index in [1.54, 1.807) is 12.4 Å². The third-order valence-electron chi connectivity index (χ3n) is 3.18. The number of hydrogen-bond donors (Lipinski definition) is 1. The molecule has 0 amide bonds. The second kappa shape index (κ2) is 6.07. The van der Waals surface area contributed by atoms with Gasteiger partial charge in [0, 0.05) is 17.3 Å². The molecule has 1 aromatic heterocycles. The van der Waals surface area contributed by atoms with Crippen LogP contribution in [0.15, 0.2) is 49.0 Å². The van der Waals surface area contributed by atoms with Crippen LogP contribution in [0.3, 0.4) is 0 Å². The number of rotatable bonds is 5. The highest BCUT2D eigenvalue weighted by atomic mass is 32.1. The Morgan fingerprint density at radius 1 is 1.32 bits per heavy atom. The summed E-state index contributed by atoms with van der Waals surface area (Å²) < 4.78 is 14.2. The van der Waals surface area contributed by atoms with Crippen LogP contribution in [-0.4, -0.2) is 17.8 Å². The minimum atomic E-state index is -0.300. The van der Waals surface area contributed by atoms with E-state index in [-0.39, 0.29) is 12.4 Å². The molecule has 3 nitrogen and oxygen atoms in total. The third-order valence-corrected chi connectivity index (χ3v) is 4.28. The Balaban J connectivity index is 1.93. The van der Waals surface area contributed by atoms with Crippen molar-refractivity contribution in [3.63, 3.8) is 0 Å². The molecule has 109 valence electrons. The molecule has 0 fully saturated rings. The number of benzene rings is 2. The van der Waals surface area contributed by atoms with Gasteiger partial charge in [0.05, 0.1) is 16.8 Å². The van der Waals surface area contributed by atoms with E-state index in [2.05, 4.69) is 16.9 Å². The Hall–Kier alpha value is -2.53. The number of aromatic nitrogens is 1. The molecule has 5 heteroatoms. The van der Waals surface area contributed by atoms with Gasteiger partial charge in [-0.3, -0.25) is 4.79 Å². The number of fused-ring (bicyclic) bond motifs is 1. The summed E-state index contributed by atoms with van der Waals surface area (Å²) >= 11 is 1.47. The van der Waals surface area contributed by atoms with Crippen molar-refractivity contribution in [2.24, 2.45) is 0 Å². The van der Waals surface area contributed by atoms with Gasteiger partial charge in [-0.2, -0.15) is 0 Å². The molecule has 0 unspecified atom stereocenters. The summed E-state index contributed by atoms with van der Waals surface area (Å²) in [5.74, 6) is -0.300. The average Bonchev–Trinajstić information content (AvgIpc) is 2.95. The van der Waals surface area contributed by atoms with Crippen LogP contribution in [0.1, 0.15) is 10.6 Å². The Morgan fingerprint density at radius 3 is 3.00 bits per heavy atom. The van der Waals surface area contributed by atoms with Crippen LogP contribution in [0.5, 0.6) is 0 Å². The number of anilines is 1. The maximum Gasteiger partial charge on any atom is 0.219 e. The van der Waals surface area contributed by atoms with Crippen molar-refractivity contribution in [3.8, 4) is 0 Å². The molecule has 0 bridgehead atoms. The highest BCUT2D eigenvalue weighted by molar-refractivity contribution is 7.19. The fourth-order valence-corrected chi connectivity index (χ4v) is 3.05. The number of nitrogens with one attached hydrogen (secondary N) is 1. The van der Waals surface area contributed by atoms with Crippen molar-refractivity contribution in [2.75, 3.05) is 11.9 Å². The molecule has 1 N–H and O–H groups in total. The van der Waals surface area contributed by atoms with E-state index in [9.17, 15) is 9.18 Å². The van der Waals surface area contributed by atoms with Crippen molar-refractivity contribution < 1.29 is 9.18 Å². The summed E-state index contributed by atoms with van der Waals surface area (Å²) in [5.41, 5.74) is 3.11. The largest absolute Gasteiger partial charge is 0.377 e. The van der Waals surface area contributed by atoms with Gasteiger partial charge in [-0.1, -0.05) is 18.7 Å². The monoisotopic (exact) mass is 311 g/mol. The fourth-order valence-electron chi connectivity index (χ4n) is 2.11. The van der Waals surface area contributed by atoms with Crippen molar-refractivity contribution in [2.45, 2.75) is 0 Å². The molecule has 0 aliphatic heterocycles. The van der Waals surface area contributed by atoms with E-state index in [0.29, 0.717) is 5.52 Å². The molecule has 0 aliphatic rings. The van der Waals surface area contributed by atoms with Crippen molar-refractivity contribution >= 4 is 39.1 Å². The van der Waals surface area contributed by atoms with Gasteiger partial charge in [-0.15, -0.1) is 11.3 Å². The van der Waals surface area contributed by atoms with E-state index >= 15 is 0 Å². The standard InChI is InChI=1S/C17H12FN2OS/c1-11(12-3-2-4-14(9-12)19-7-8-21)17-20-15-10-13(18)5-6-16(15)22-17/h2-6,9-10,19H,1,7H2. The topological polar surface area (TPSA) is 42.0 Å². The first kappa shape index (κ1) is 14.4. The van der Waals surface area contributed by atoms with E-state index in [4.69, 9.17) is 0 Å². The molecule has 22 heavy (non-hydrogen) atoms. The van der Waals surface area contributed by atoms with Crippen LogP contribution in [-0.2, 0) is 4.79 Å². The number of carbonyl (C=O) groups excluding carboxylic acids is 1. The predicted molar refractivity (Wildman–Crippen MR) is 88.3 cm³/mol. The van der Waals surface area contributed by atoms with Gasteiger partial charge in [0.15, 0.2) is 0 Å². The van der Waals surface area contributed by atoms with E-state index in [1.807, 2.05) is 24.3 Å². The molecule has 3 rings (SSSR count). The maximum atomic E-state index is 13.2.